The number of hydrogen-bond acceptors (Lipinski definition) is 11. The molecule has 0 radical (unpaired) electrons. The molecular weight excluding hydrogens is 505 g/mol. The lowest BCUT2D eigenvalue weighted by Crippen LogP contribution is -2.29. The van der Waals surface area contributed by atoms with Gasteiger partial charge in [-0.1, -0.05) is 11.8 Å². The molecule has 0 spiro atoms. The number of anilines is 1. The number of nitrogens with two attached hydrogens (primary N) is 1. The molecule has 0 aromatic carbocycles. The van der Waals surface area contributed by atoms with Gasteiger partial charge in [0.25, 0.3) is 0 Å². The van der Waals surface area contributed by atoms with Gasteiger partial charge in [0.15, 0.2) is 0 Å². The first-order chi connectivity index (χ1) is 13.1. The number of rotatable bonds is 8. The maximum absolute atomic E-state index is 13.4. The van der Waals surface area contributed by atoms with E-state index in [1.54, 1.807) is 0 Å². The summed E-state index contributed by atoms with van der Waals surface area (Å²) in [6.07, 6.45) is 0.481. The third kappa shape index (κ3) is 5.91. The van der Waals surface area contributed by atoms with Gasteiger partial charge in [0.05, 0.1) is 6.61 Å². The molecule has 1 aromatic heterocycles. The fraction of sp³-hybridized carbons (Fsp3) is 0.556. The number of aromatic nitrogens is 2. The molecule has 0 saturated carbocycles. The van der Waals surface area contributed by atoms with Crippen LogP contribution in [-0.2, 0) is 34.5 Å². The van der Waals surface area contributed by atoms with Crippen molar-refractivity contribution in [2.45, 2.75) is 17.1 Å². The second kappa shape index (κ2) is 8.69. The van der Waals surface area contributed by atoms with Gasteiger partial charge in [-0.05, 0) is 6.07 Å². The van der Waals surface area contributed by atoms with Crippen LogP contribution < -0.4 is 16.3 Å². The largest absolute Gasteiger partial charge is 0.779 e. The average Bonchev–Trinajstić information content (AvgIpc) is 2.99. The SMILES string of the molecule is Nc1ccn([C@@H]2CS[C@H](COP([O-])(=S)OP(=O)(O)C(F)(F)P(=O)(O)O)O2)c(=O)n1. The molecule has 2 unspecified atom stereocenters. The maximum Gasteiger partial charge on any atom is 0.444 e. The van der Waals surface area contributed by atoms with Gasteiger partial charge in [-0.2, -0.15) is 13.8 Å². The van der Waals surface area contributed by atoms with Crippen LogP contribution in [0.5, 0.6) is 0 Å². The van der Waals surface area contributed by atoms with Gasteiger partial charge in [0.2, 0.25) is 0 Å². The Morgan fingerprint density at radius 3 is 2.66 bits per heavy atom. The minimum Gasteiger partial charge on any atom is -0.779 e. The van der Waals surface area contributed by atoms with Crippen molar-refractivity contribution in [3.63, 3.8) is 0 Å². The summed E-state index contributed by atoms with van der Waals surface area (Å²) in [4.78, 5) is 53.3. The van der Waals surface area contributed by atoms with Gasteiger partial charge in [0.1, 0.15) is 24.2 Å². The van der Waals surface area contributed by atoms with Crippen molar-refractivity contribution in [3.05, 3.63) is 22.7 Å². The summed E-state index contributed by atoms with van der Waals surface area (Å²) < 4.78 is 63.7. The van der Waals surface area contributed by atoms with Crippen LogP contribution in [0.15, 0.2) is 17.1 Å². The van der Waals surface area contributed by atoms with Crippen molar-refractivity contribution in [2.75, 3.05) is 18.1 Å². The number of ether oxygens (including phenoxy) is 1. The first-order valence-corrected chi connectivity index (χ1v) is 13.9. The maximum atomic E-state index is 13.4. The molecule has 0 aliphatic carbocycles. The molecule has 1 aliphatic rings. The molecule has 1 saturated heterocycles. The Kier molecular flexibility index (Phi) is 7.49. The van der Waals surface area contributed by atoms with Crippen LogP contribution in [0, 0.1) is 0 Å². The van der Waals surface area contributed by atoms with E-state index >= 15 is 0 Å². The van der Waals surface area contributed by atoms with E-state index in [4.69, 9.17) is 25.2 Å². The summed E-state index contributed by atoms with van der Waals surface area (Å²) in [6.45, 7) is -5.76. The van der Waals surface area contributed by atoms with Crippen LogP contribution in [0.1, 0.15) is 6.23 Å². The van der Waals surface area contributed by atoms with E-state index in [1.165, 1.54) is 12.3 Å². The highest BCUT2D eigenvalue weighted by Gasteiger charge is 2.65. The Hall–Kier alpha value is -0.280. The van der Waals surface area contributed by atoms with Crippen LogP contribution in [0.2, 0.25) is 0 Å². The van der Waals surface area contributed by atoms with Crippen molar-refractivity contribution in [1.29, 1.82) is 0 Å². The van der Waals surface area contributed by atoms with E-state index in [0.29, 0.717) is 0 Å². The Bertz CT molecular complexity index is 973. The normalized spacial score (nSPS) is 24.8. The van der Waals surface area contributed by atoms with Crippen molar-refractivity contribution in [2.24, 2.45) is 0 Å². The summed E-state index contributed by atoms with van der Waals surface area (Å²) in [5, 5.41) is -5.55. The minimum absolute atomic E-state index is 0.0125. The average molecular weight is 518 g/mol. The molecule has 2 rings (SSSR count). The predicted molar refractivity (Wildman–Crippen MR) is 97.4 cm³/mol. The zero-order valence-electron chi connectivity index (χ0n) is 13.8. The van der Waals surface area contributed by atoms with Crippen molar-refractivity contribution in [1.82, 2.24) is 9.55 Å². The quantitative estimate of drug-likeness (QED) is 0.333. The van der Waals surface area contributed by atoms with E-state index in [2.05, 4.69) is 25.6 Å². The first kappa shape index (κ1) is 25.0. The van der Waals surface area contributed by atoms with Crippen LogP contribution in [0.4, 0.5) is 14.6 Å². The topological polar surface area (TPSA) is 206 Å². The van der Waals surface area contributed by atoms with Crippen molar-refractivity contribution < 1.29 is 51.1 Å². The summed E-state index contributed by atoms with van der Waals surface area (Å²) in [5.74, 6) is 0.179. The minimum atomic E-state index is -6.47. The molecule has 13 nitrogen and oxygen atoms in total. The number of thioether (sulfide) groups is 1. The Morgan fingerprint density at radius 2 is 2.10 bits per heavy atom. The molecule has 166 valence electrons. The van der Waals surface area contributed by atoms with Crippen molar-refractivity contribution >= 4 is 51.3 Å². The molecule has 20 heteroatoms. The fourth-order valence-electron chi connectivity index (χ4n) is 1.85. The van der Waals surface area contributed by atoms with Crippen LogP contribution in [-0.4, -0.2) is 47.4 Å². The van der Waals surface area contributed by atoms with Gasteiger partial charge in [0, 0.05) is 11.9 Å². The number of alkyl halides is 2. The standard InChI is InChI=1S/C9H14F2N3O10P3S2/c10-9(11,25(16,17)18)26(19,20)24-27(21,28)22-3-7-23-6(4-29-7)14-2-1-5(12)13-8(14)15/h1-2,6-7H,3-4H2,(H,19,20)(H,21,28)(H2,12,13,15)(H2,16,17,18)/p-1/t6-,7+,27?/m0/s1. The van der Waals surface area contributed by atoms with Gasteiger partial charge >= 0.3 is 26.3 Å². The third-order valence-corrected chi connectivity index (χ3v) is 10.2. The predicted octanol–water partition coefficient (Wildman–Crippen LogP) is -0.0550. The van der Waals surface area contributed by atoms with E-state index in [0.717, 1.165) is 16.3 Å². The van der Waals surface area contributed by atoms with Crippen LogP contribution >= 0.6 is 33.7 Å². The van der Waals surface area contributed by atoms with E-state index in [9.17, 15) is 27.6 Å². The first-order valence-electron chi connectivity index (χ1n) is 7.11. The third-order valence-electron chi connectivity index (χ3n) is 3.17. The zero-order valence-corrected chi connectivity index (χ0v) is 18.1. The zero-order chi connectivity index (χ0) is 22.3. The Labute approximate surface area is 170 Å². The summed E-state index contributed by atoms with van der Waals surface area (Å²) >= 11 is 5.26. The molecule has 4 atom stereocenters. The second-order valence-corrected chi connectivity index (χ2v) is 13.2. The highest BCUT2D eigenvalue weighted by molar-refractivity contribution is 8.08. The van der Waals surface area contributed by atoms with Crippen LogP contribution in [0.3, 0.4) is 0 Å². The number of halogens is 2. The molecule has 0 amide bonds. The summed E-state index contributed by atoms with van der Waals surface area (Å²) in [5.41, 5.74) is 3.71. The summed E-state index contributed by atoms with van der Waals surface area (Å²) in [7, 11) is -12.9. The molecule has 1 fully saturated rings. The number of hydrogen-bond donors (Lipinski definition) is 4. The van der Waals surface area contributed by atoms with E-state index in [-0.39, 0.29) is 11.6 Å². The molecule has 1 aromatic rings. The fourth-order valence-corrected chi connectivity index (χ4v) is 7.56. The Balaban J connectivity index is 1.99. The molecule has 5 N–H and O–H groups in total. The molecular formula is C9H13F2N3O10P3S2-. The Morgan fingerprint density at radius 1 is 1.48 bits per heavy atom. The lowest BCUT2D eigenvalue weighted by molar-refractivity contribution is -0.201. The monoisotopic (exact) mass is 518 g/mol. The van der Waals surface area contributed by atoms with Crippen molar-refractivity contribution in [3.8, 4) is 0 Å². The molecule has 29 heavy (non-hydrogen) atoms. The number of nitrogen functional groups attached to an aromatic ring is 1. The molecule has 1 aliphatic heterocycles. The van der Waals surface area contributed by atoms with Gasteiger partial charge in [-0.3, -0.25) is 18.0 Å². The van der Waals surface area contributed by atoms with Gasteiger partial charge in [-0.25, -0.2) is 4.79 Å². The highest BCUT2D eigenvalue weighted by atomic mass is 32.5. The second-order valence-electron chi connectivity index (χ2n) is 5.29. The lowest BCUT2D eigenvalue weighted by atomic mass is 10.5. The van der Waals surface area contributed by atoms with E-state index in [1.807, 2.05) is 0 Å². The number of nitrogens with zero attached hydrogens (tertiary/aromatic N) is 2. The smallest absolute Gasteiger partial charge is 0.444 e. The lowest BCUT2D eigenvalue weighted by Gasteiger charge is -2.32. The van der Waals surface area contributed by atoms with E-state index < -0.39 is 51.3 Å². The van der Waals surface area contributed by atoms with Gasteiger partial charge < -0.3 is 34.6 Å². The molecule has 2 heterocycles. The highest BCUT2D eigenvalue weighted by Crippen LogP contribution is 2.76. The summed E-state index contributed by atoms with van der Waals surface area (Å²) in [6, 6.07) is 1.34. The molecule has 0 bridgehead atoms. The van der Waals surface area contributed by atoms with Gasteiger partial charge in [-0.15, -0.1) is 11.8 Å². The van der Waals surface area contributed by atoms with Crippen LogP contribution in [0.25, 0.3) is 0 Å².